The third-order valence-electron chi connectivity index (χ3n) is 4.95. The van der Waals surface area contributed by atoms with Gasteiger partial charge in [0.1, 0.15) is 23.4 Å². The molecule has 2 heterocycles. The van der Waals surface area contributed by atoms with Gasteiger partial charge in [-0.3, -0.25) is 0 Å². The molecule has 0 aliphatic carbocycles. The first kappa shape index (κ1) is 19.7. The molecule has 1 fully saturated rings. The fourth-order valence-corrected chi connectivity index (χ4v) is 3.43. The zero-order valence-electron chi connectivity index (χ0n) is 16.6. The van der Waals surface area contributed by atoms with Gasteiger partial charge in [-0.1, -0.05) is 5.16 Å². The zero-order chi connectivity index (χ0) is 21.1. The number of amides is 2. The van der Waals surface area contributed by atoms with Gasteiger partial charge in [-0.2, -0.15) is 4.98 Å². The minimum atomic E-state index is -0.338. The molecule has 2 aromatic carbocycles. The molecule has 1 saturated heterocycles. The summed E-state index contributed by atoms with van der Waals surface area (Å²) in [6.07, 6.45) is 1.52. The van der Waals surface area contributed by atoms with Crippen LogP contribution in [0.1, 0.15) is 24.8 Å². The second kappa shape index (κ2) is 8.40. The lowest BCUT2D eigenvalue weighted by molar-refractivity contribution is 0.193. The Balaban J connectivity index is 1.51. The van der Waals surface area contributed by atoms with Crippen LogP contribution in [0.25, 0.3) is 11.4 Å². The van der Waals surface area contributed by atoms with Gasteiger partial charge in [0, 0.05) is 36.0 Å². The number of halogens is 1. The van der Waals surface area contributed by atoms with E-state index in [2.05, 4.69) is 15.5 Å². The highest BCUT2D eigenvalue weighted by molar-refractivity contribution is 5.90. The van der Waals surface area contributed by atoms with Gasteiger partial charge in [0.15, 0.2) is 0 Å². The molecular formula is C21H21FN4O4. The predicted octanol–water partition coefficient (Wildman–Crippen LogP) is 4.26. The molecule has 9 heteroatoms. The van der Waals surface area contributed by atoms with Crippen LogP contribution < -0.4 is 14.8 Å². The van der Waals surface area contributed by atoms with E-state index < -0.39 is 0 Å². The average molecular weight is 412 g/mol. The first-order chi connectivity index (χ1) is 14.6. The summed E-state index contributed by atoms with van der Waals surface area (Å²) in [5.74, 6) is 1.52. The SMILES string of the molecule is COc1cc(NC(=O)N2CCCC2c2nc(-c3ccc(F)cc3)no2)cc(OC)c1. The van der Waals surface area contributed by atoms with Crippen molar-refractivity contribution >= 4 is 11.7 Å². The van der Waals surface area contributed by atoms with E-state index in [1.54, 1.807) is 49.5 Å². The Bertz CT molecular complexity index is 1020. The van der Waals surface area contributed by atoms with E-state index in [-0.39, 0.29) is 17.9 Å². The van der Waals surface area contributed by atoms with Gasteiger partial charge in [-0.15, -0.1) is 0 Å². The van der Waals surface area contributed by atoms with Crippen LogP contribution in [-0.2, 0) is 0 Å². The van der Waals surface area contributed by atoms with Crippen LogP contribution >= 0.6 is 0 Å². The molecule has 156 valence electrons. The summed E-state index contributed by atoms with van der Waals surface area (Å²) in [7, 11) is 3.09. The highest BCUT2D eigenvalue weighted by Gasteiger charge is 2.34. The zero-order valence-corrected chi connectivity index (χ0v) is 16.6. The van der Waals surface area contributed by atoms with Crippen LogP contribution in [0.15, 0.2) is 47.0 Å². The highest BCUT2D eigenvalue weighted by Crippen LogP contribution is 2.33. The first-order valence-corrected chi connectivity index (χ1v) is 9.47. The van der Waals surface area contributed by atoms with E-state index in [9.17, 15) is 9.18 Å². The van der Waals surface area contributed by atoms with Crippen molar-refractivity contribution in [2.45, 2.75) is 18.9 Å². The molecule has 0 radical (unpaired) electrons. The van der Waals surface area contributed by atoms with Crippen LogP contribution in [0.3, 0.4) is 0 Å². The Morgan fingerprint density at radius 2 is 1.87 bits per heavy atom. The Hall–Kier alpha value is -3.62. The van der Waals surface area contributed by atoms with E-state index >= 15 is 0 Å². The van der Waals surface area contributed by atoms with E-state index in [0.29, 0.717) is 47.4 Å². The molecular weight excluding hydrogens is 391 g/mol. The molecule has 1 N–H and O–H groups in total. The predicted molar refractivity (Wildman–Crippen MR) is 107 cm³/mol. The second-order valence-electron chi connectivity index (χ2n) is 6.85. The number of nitrogens with zero attached hydrogens (tertiary/aromatic N) is 3. The molecule has 30 heavy (non-hydrogen) atoms. The number of nitrogens with one attached hydrogen (secondary N) is 1. The molecule has 0 spiro atoms. The van der Waals surface area contributed by atoms with Crippen LogP contribution in [0.5, 0.6) is 11.5 Å². The summed E-state index contributed by atoms with van der Waals surface area (Å²) >= 11 is 0. The Morgan fingerprint density at radius 1 is 1.17 bits per heavy atom. The number of carbonyl (C=O) groups is 1. The number of hydrogen-bond donors (Lipinski definition) is 1. The molecule has 1 atom stereocenters. The Kier molecular flexibility index (Phi) is 5.51. The van der Waals surface area contributed by atoms with Crippen molar-refractivity contribution in [3.05, 3.63) is 54.2 Å². The maximum atomic E-state index is 13.1. The van der Waals surface area contributed by atoms with Crippen LogP contribution in [-0.4, -0.2) is 41.8 Å². The number of ether oxygens (including phenoxy) is 2. The van der Waals surface area contributed by atoms with Gasteiger partial charge >= 0.3 is 6.03 Å². The van der Waals surface area contributed by atoms with Crippen molar-refractivity contribution in [1.82, 2.24) is 15.0 Å². The van der Waals surface area contributed by atoms with Gasteiger partial charge < -0.3 is 24.2 Å². The van der Waals surface area contributed by atoms with Crippen molar-refractivity contribution in [2.24, 2.45) is 0 Å². The number of urea groups is 1. The maximum absolute atomic E-state index is 13.1. The Labute approximate surface area is 172 Å². The van der Waals surface area contributed by atoms with Crippen LogP contribution in [0, 0.1) is 5.82 Å². The number of hydrogen-bond acceptors (Lipinski definition) is 6. The first-order valence-electron chi connectivity index (χ1n) is 9.47. The number of likely N-dealkylation sites (tertiary alicyclic amines) is 1. The van der Waals surface area contributed by atoms with Crippen LogP contribution in [0.4, 0.5) is 14.9 Å². The van der Waals surface area contributed by atoms with Crippen molar-refractivity contribution in [3.8, 4) is 22.9 Å². The number of benzene rings is 2. The van der Waals surface area contributed by atoms with Crippen molar-refractivity contribution < 1.29 is 23.2 Å². The average Bonchev–Trinajstić information content (AvgIpc) is 3.43. The van der Waals surface area contributed by atoms with Crippen molar-refractivity contribution in [2.75, 3.05) is 26.1 Å². The molecule has 1 unspecified atom stereocenters. The summed E-state index contributed by atoms with van der Waals surface area (Å²) in [5.41, 5.74) is 1.20. The summed E-state index contributed by atoms with van der Waals surface area (Å²) in [4.78, 5) is 19.0. The Morgan fingerprint density at radius 3 is 2.53 bits per heavy atom. The summed E-state index contributed by atoms with van der Waals surface area (Å²) in [5, 5.41) is 6.86. The van der Waals surface area contributed by atoms with E-state index in [1.807, 2.05) is 0 Å². The molecule has 0 saturated carbocycles. The van der Waals surface area contributed by atoms with Gasteiger partial charge in [-0.25, -0.2) is 9.18 Å². The number of methoxy groups -OCH3 is 2. The summed E-state index contributed by atoms with van der Waals surface area (Å²) in [6, 6.07) is 10.4. The molecule has 1 aromatic heterocycles. The molecule has 2 amide bonds. The van der Waals surface area contributed by atoms with E-state index in [1.165, 1.54) is 12.1 Å². The minimum Gasteiger partial charge on any atom is -0.497 e. The molecule has 3 aromatic rings. The molecule has 8 nitrogen and oxygen atoms in total. The molecule has 4 rings (SSSR count). The lowest BCUT2D eigenvalue weighted by atomic mass is 10.2. The minimum absolute atomic E-state index is 0.283. The molecule has 0 bridgehead atoms. The lowest BCUT2D eigenvalue weighted by Gasteiger charge is -2.22. The fraction of sp³-hybridized carbons (Fsp3) is 0.286. The smallest absolute Gasteiger partial charge is 0.322 e. The normalized spacial score (nSPS) is 15.8. The van der Waals surface area contributed by atoms with Gasteiger partial charge in [0.25, 0.3) is 0 Å². The summed E-state index contributed by atoms with van der Waals surface area (Å²) < 4.78 is 29.0. The highest BCUT2D eigenvalue weighted by atomic mass is 19.1. The van der Waals surface area contributed by atoms with Gasteiger partial charge in [0.2, 0.25) is 11.7 Å². The van der Waals surface area contributed by atoms with Crippen molar-refractivity contribution in [1.29, 1.82) is 0 Å². The standard InChI is InChI=1S/C21H21FN4O4/c1-28-16-10-15(11-17(12-16)29-2)23-21(27)26-9-3-4-18(26)20-24-19(25-30-20)13-5-7-14(22)8-6-13/h5-8,10-12,18H,3-4,9H2,1-2H3,(H,23,27). The quantitative estimate of drug-likeness (QED) is 0.673. The van der Waals surface area contributed by atoms with Crippen LogP contribution in [0.2, 0.25) is 0 Å². The maximum Gasteiger partial charge on any atom is 0.322 e. The van der Waals surface area contributed by atoms with Gasteiger partial charge in [0.05, 0.1) is 14.2 Å². The lowest BCUT2D eigenvalue weighted by Crippen LogP contribution is -2.34. The van der Waals surface area contributed by atoms with E-state index in [4.69, 9.17) is 14.0 Å². The summed E-state index contributed by atoms with van der Waals surface area (Å²) in [6.45, 7) is 0.561. The van der Waals surface area contributed by atoms with Gasteiger partial charge in [-0.05, 0) is 37.1 Å². The fourth-order valence-electron chi connectivity index (χ4n) is 3.43. The number of rotatable bonds is 5. The number of aromatic nitrogens is 2. The molecule has 1 aliphatic heterocycles. The third-order valence-corrected chi connectivity index (χ3v) is 4.95. The number of carbonyl (C=O) groups excluding carboxylic acids is 1. The largest absolute Gasteiger partial charge is 0.497 e. The second-order valence-corrected chi connectivity index (χ2v) is 6.85. The van der Waals surface area contributed by atoms with E-state index in [0.717, 1.165) is 6.42 Å². The molecule has 1 aliphatic rings. The monoisotopic (exact) mass is 412 g/mol. The topological polar surface area (TPSA) is 89.7 Å². The third kappa shape index (κ3) is 4.05. The van der Waals surface area contributed by atoms with Crippen molar-refractivity contribution in [3.63, 3.8) is 0 Å². The number of anilines is 1.